The Morgan fingerprint density at radius 3 is 2.57 bits per heavy atom. The lowest BCUT2D eigenvalue weighted by atomic mass is 10.2. The third-order valence-electron chi connectivity index (χ3n) is 4.84. The molecule has 0 atom stereocenters. The van der Waals surface area contributed by atoms with Gasteiger partial charge in [0.2, 0.25) is 0 Å². The van der Waals surface area contributed by atoms with E-state index >= 15 is 0 Å². The van der Waals surface area contributed by atoms with Crippen molar-refractivity contribution >= 4 is 28.9 Å². The number of para-hydroxylation sites is 1. The minimum atomic E-state index is -0.409. The molecule has 0 bridgehead atoms. The number of benzene rings is 2. The Kier molecular flexibility index (Phi) is 6.11. The van der Waals surface area contributed by atoms with Crippen molar-refractivity contribution in [3.05, 3.63) is 87.3 Å². The number of anilines is 2. The van der Waals surface area contributed by atoms with Gasteiger partial charge in [-0.3, -0.25) is 9.59 Å². The highest BCUT2D eigenvalue weighted by Crippen LogP contribution is 2.34. The number of nitrogens with zero attached hydrogens (tertiary/aromatic N) is 3. The maximum absolute atomic E-state index is 12.9. The molecule has 2 aromatic carbocycles. The van der Waals surface area contributed by atoms with Gasteiger partial charge in [-0.25, -0.2) is 4.68 Å². The monoisotopic (exact) mass is 424 g/mol. The zero-order chi connectivity index (χ0) is 20.9. The molecule has 1 amide bonds. The maximum Gasteiger partial charge on any atom is 0.276 e. The van der Waals surface area contributed by atoms with Gasteiger partial charge in [0.25, 0.3) is 11.5 Å². The Bertz CT molecular complexity index is 1100. The minimum absolute atomic E-state index is 0.151. The SMILES string of the molecule is O=C(Nc1cccc(Cl)c1N1CCOCC1)c1ccc(=O)n(Cc2ccccc2)n1. The van der Waals surface area contributed by atoms with Crippen LogP contribution in [0.15, 0.2) is 65.5 Å². The number of morpholine rings is 1. The molecule has 1 saturated heterocycles. The van der Waals surface area contributed by atoms with Gasteiger partial charge in [0.1, 0.15) is 5.69 Å². The van der Waals surface area contributed by atoms with Gasteiger partial charge in [0.05, 0.1) is 36.2 Å². The second-order valence-electron chi connectivity index (χ2n) is 6.89. The molecule has 7 nitrogen and oxygen atoms in total. The van der Waals surface area contributed by atoms with E-state index in [4.69, 9.17) is 16.3 Å². The molecule has 0 radical (unpaired) electrons. The molecule has 1 fully saturated rings. The van der Waals surface area contributed by atoms with E-state index in [1.165, 1.54) is 16.8 Å². The summed E-state index contributed by atoms with van der Waals surface area (Å²) in [6.45, 7) is 2.87. The summed E-state index contributed by atoms with van der Waals surface area (Å²) in [6.07, 6.45) is 0. The molecule has 0 aliphatic carbocycles. The van der Waals surface area contributed by atoms with Crippen molar-refractivity contribution in [2.75, 3.05) is 36.5 Å². The third kappa shape index (κ3) is 4.53. The predicted octanol–water partition coefficient (Wildman–Crippen LogP) is 3.03. The summed E-state index contributed by atoms with van der Waals surface area (Å²) in [5.41, 5.74) is 2.16. The van der Waals surface area contributed by atoms with Crippen LogP contribution in [-0.4, -0.2) is 42.0 Å². The van der Waals surface area contributed by atoms with Crippen molar-refractivity contribution in [1.82, 2.24) is 9.78 Å². The first-order valence-corrected chi connectivity index (χ1v) is 10.0. The number of halogens is 1. The van der Waals surface area contributed by atoms with Crippen LogP contribution in [0.5, 0.6) is 0 Å². The third-order valence-corrected chi connectivity index (χ3v) is 5.14. The second kappa shape index (κ2) is 9.11. The van der Waals surface area contributed by atoms with Crippen molar-refractivity contribution in [3.63, 3.8) is 0 Å². The lowest BCUT2D eigenvalue weighted by Gasteiger charge is -2.31. The first kappa shape index (κ1) is 20.1. The molecule has 0 spiro atoms. The largest absolute Gasteiger partial charge is 0.378 e. The Hall–Kier alpha value is -3.16. The molecule has 0 saturated carbocycles. The van der Waals surface area contributed by atoms with Crippen molar-refractivity contribution in [3.8, 4) is 0 Å². The number of amides is 1. The summed E-state index contributed by atoms with van der Waals surface area (Å²) in [6, 6.07) is 17.7. The number of hydrogen-bond acceptors (Lipinski definition) is 5. The second-order valence-corrected chi connectivity index (χ2v) is 7.30. The number of carbonyl (C=O) groups excluding carboxylic acids is 1. The predicted molar refractivity (Wildman–Crippen MR) is 116 cm³/mol. The number of carbonyl (C=O) groups is 1. The van der Waals surface area contributed by atoms with Crippen molar-refractivity contribution in [2.45, 2.75) is 6.54 Å². The topological polar surface area (TPSA) is 76.5 Å². The number of rotatable bonds is 5. The summed E-state index contributed by atoms with van der Waals surface area (Å²) in [5, 5.41) is 7.70. The average Bonchev–Trinajstić information content (AvgIpc) is 2.77. The van der Waals surface area contributed by atoms with Gasteiger partial charge < -0.3 is 15.0 Å². The van der Waals surface area contributed by atoms with Gasteiger partial charge in [-0.05, 0) is 23.8 Å². The molecule has 0 unspecified atom stereocenters. The van der Waals surface area contributed by atoms with E-state index in [-0.39, 0.29) is 17.8 Å². The van der Waals surface area contributed by atoms with E-state index in [0.29, 0.717) is 37.0 Å². The fourth-order valence-corrected chi connectivity index (χ4v) is 3.64. The van der Waals surface area contributed by atoms with Gasteiger partial charge in [-0.15, -0.1) is 0 Å². The molecule has 3 aromatic rings. The lowest BCUT2D eigenvalue weighted by Crippen LogP contribution is -2.37. The Morgan fingerprint density at radius 2 is 1.80 bits per heavy atom. The van der Waals surface area contributed by atoms with Crippen LogP contribution < -0.4 is 15.8 Å². The van der Waals surface area contributed by atoms with Crippen LogP contribution >= 0.6 is 11.6 Å². The first-order chi connectivity index (χ1) is 14.6. The van der Waals surface area contributed by atoms with E-state index in [2.05, 4.69) is 15.3 Å². The molecule has 8 heteroatoms. The molecule has 1 aromatic heterocycles. The highest BCUT2D eigenvalue weighted by atomic mass is 35.5. The molecular formula is C22H21ClN4O3. The lowest BCUT2D eigenvalue weighted by molar-refractivity contribution is 0.102. The molecule has 1 N–H and O–H groups in total. The fraction of sp³-hybridized carbons (Fsp3) is 0.227. The Morgan fingerprint density at radius 1 is 1.03 bits per heavy atom. The van der Waals surface area contributed by atoms with Crippen LogP contribution in [0.3, 0.4) is 0 Å². The number of hydrogen-bond donors (Lipinski definition) is 1. The van der Waals surface area contributed by atoms with Crippen molar-refractivity contribution in [1.29, 1.82) is 0 Å². The van der Waals surface area contributed by atoms with Crippen molar-refractivity contribution < 1.29 is 9.53 Å². The highest BCUT2D eigenvalue weighted by Gasteiger charge is 2.20. The van der Waals surface area contributed by atoms with Crippen LogP contribution in [0, 0.1) is 0 Å². The summed E-state index contributed by atoms with van der Waals surface area (Å²) >= 11 is 6.43. The molecule has 1 aliphatic rings. The van der Waals surface area contributed by atoms with E-state index in [9.17, 15) is 9.59 Å². The van der Waals surface area contributed by atoms with Crippen LogP contribution in [-0.2, 0) is 11.3 Å². The Balaban J connectivity index is 1.58. The zero-order valence-electron chi connectivity index (χ0n) is 16.3. The van der Waals surface area contributed by atoms with Gasteiger partial charge in [-0.1, -0.05) is 48.0 Å². The normalized spacial score (nSPS) is 13.8. The standard InChI is InChI=1S/C22H21ClN4O3/c23-17-7-4-8-18(21(17)26-11-13-30-14-12-26)24-22(29)19-9-10-20(28)27(25-19)15-16-5-2-1-3-6-16/h1-10H,11-15H2,(H,24,29). The summed E-state index contributed by atoms with van der Waals surface area (Å²) in [5.74, 6) is -0.409. The summed E-state index contributed by atoms with van der Waals surface area (Å²) in [4.78, 5) is 27.2. The summed E-state index contributed by atoms with van der Waals surface area (Å²) in [7, 11) is 0. The number of nitrogens with one attached hydrogen (secondary N) is 1. The first-order valence-electron chi connectivity index (χ1n) is 9.66. The van der Waals surface area contributed by atoms with E-state index in [1.54, 1.807) is 18.2 Å². The molecule has 4 rings (SSSR count). The molecule has 1 aliphatic heterocycles. The molecular weight excluding hydrogens is 404 g/mol. The quantitative estimate of drug-likeness (QED) is 0.681. The zero-order valence-corrected chi connectivity index (χ0v) is 17.0. The Labute approximate surface area is 178 Å². The molecule has 2 heterocycles. The van der Waals surface area contributed by atoms with E-state index in [0.717, 1.165) is 11.3 Å². The highest BCUT2D eigenvalue weighted by molar-refractivity contribution is 6.34. The van der Waals surface area contributed by atoms with Crippen LogP contribution in [0.4, 0.5) is 11.4 Å². The average molecular weight is 425 g/mol. The molecule has 30 heavy (non-hydrogen) atoms. The van der Waals surface area contributed by atoms with Gasteiger partial charge in [0, 0.05) is 19.2 Å². The van der Waals surface area contributed by atoms with E-state index < -0.39 is 5.91 Å². The van der Waals surface area contributed by atoms with Crippen LogP contribution in [0.1, 0.15) is 16.1 Å². The maximum atomic E-state index is 12.9. The van der Waals surface area contributed by atoms with Gasteiger partial charge >= 0.3 is 0 Å². The van der Waals surface area contributed by atoms with Crippen LogP contribution in [0.25, 0.3) is 0 Å². The number of ether oxygens (including phenoxy) is 1. The van der Waals surface area contributed by atoms with Gasteiger partial charge in [-0.2, -0.15) is 5.10 Å². The van der Waals surface area contributed by atoms with Gasteiger partial charge in [0.15, 0.2) is 0 Å². The number of aromatic nitrogens is 2. The molecule has 154 valence electrons. The van der Waals surface area contributed by atoms with Crippen molar-refractivity contribution in [2.24, 2.45) is 0 Å². The van der Waals surface area contributed by atoms with E-state index in [1.807, 2.05) is 30.3 Å². The van der Waals surface area contributed by atoms with Crippen LogP contribution in [0.2, 0.25) is 5.02 Å². The minimum Gasteiger partial charge on any atom is -0.378 e. The summed E-state index contributed by atoms with van der Waals surface area (Å²) < 4.78 is 6.69. The smallest absolute Gasteiger partial charge is 0.276 e. The fourth-order valence-electron chi connectivity index (χ4n) is 3.35.